The molecule has 1 aliphatic heterocycles. The Morgan fingerprint density at radius 3 is 2.53 bits per heavy atom. The number of hydrogen-bond donors (Lipinski definition) is 1. The number of nitrogens with one attached hydrogen (secondary N) is 1. The fourth-order valence-corrected chi connectivity index (χ4v) is 1.89. The maximum Gasteiger partial charge on any atom is 0.416 e. The molecule has 4 nitrogen and oxygen atoms in total. The number of amides is 3. The van der Waals surface area contributed by atoms with Crippen molar-refractivity contribution >= 4 is 11.9 Å². The zero-order valence-electron chi connectivity index (χ0n) is 9.83. The molecule has 0 unspecified atom stereocenters. The van der Waals surface area contributed by atoms with Gasteiger partial charge >= 0.3 is 12.2 Å². The van der Waals surface area contributed by atoms with E-state index in [1.165, 1.54) is 18.2 Å². The van der Waals surface area contributed by atoms with Crippen LogP contribution in [-0.4, -0.2) is 23.4 Å². The van der Waals surface area contributed by atoms with Crippen molar-refractivity contribution in [1.82, 2.24) is 10.2 Å². The highest BCUT2D eigenvalue weighted by molar-refractivity contribution is 5.96. The summed E-state index contributed by atoms with van der Waals surface area (Å²) < 4.78 is 38.4. The van der Waals surface area contributed by atoms with Crippen LogP contribution in [-0.2, 0) is 17.5 Å². The molecular formula is C12H11F3N2O2. The molecule has 0 spiro atoms. The number of imide groups is 1. The van der Waals surface area contributed by atoms with Crippen LogP contribution in [0.25, 0.3) is 0 Å². The third kappa shape index (κ3) is 2.86. The molecular weight excluding hydrogens is 261 g/mol. The molecule has 1 aromatic rings. The largest absolute Gasteiger partial charge is 0.416 e. The van der Waals surface area contributed by atoms with Gasteiger partial charge in [0.05, 0.1) is 12.1 Å². The third-order valence-electron chi connectivity index (χ3n) is 2.81. The van der Waals surface area contributed by atoms with Crippen LogP contribution < -0.4 is 5.32 Å². The quantitative estimate of drug-likeness (QED) is 0.896. The number of urea groups is 1. The molecule has 0 radical (unpaired) electrons. The summed E-state index contributed by atoms with van der Waals surface area (Å²) in [7, 11) is 0. The van der Waals surface area contributed by atoms with Crippen molar-refractivity contribution in [2.24, 2.45) is 0 Å². The Morgan fingerprint density at radius 1 is 1.21 bits per heavy atom. The lowest BCUT2D eigenvalue weighted by Gasteiger charge is -2.26. The highest BCUT2D eigenvalue weighted by Gasteiger charge is 2.35. The molecule has 0 saturated carbocycles. The number of halogens is 3. The van der Waals surface area contributed by atoms with Gasteiger partial charge in [-0.3, -0.25) is 9.69 Å². The summed E-state index contributed by atoms with van der Waals surface area (Å²) >= 11 is 0. The van der Waals surface area contributed by atoms with Crippen molar-refractivity contribution < 1.29 is 22.8 Å². The van der Waals surface area contributed by atoms with E-state index in [9.17, 15) is 22.8 Å². The molecule has 7 heteroatoms. The van der Waals surface area contributed by atoms with Crippen LogP contribution in [0, 0.1) is 0 Å². The molecule has 1 heterocycles. The van der Waals surface area contributed by atoms with E-state index in [1.807, 2.05) is 0 Å². The minimum absolute atomic E-state index is 0.0969. The molecule has 102 valence electrons. The number of carbonyl (C=O) groups excluding carboxylic acids is 2. The van der Waals surface area contributed by atoms with Gasteiger partial charge in [-0.25, -0.2) is 4.79 Å². The number of carbonyl (C=O) groups is 2. The zero-order valence-corrected chi connectivity index (χ0v) is 9.83. The van der Waals surface area contributed by atoms with E-state index in [4.69, 9.17) is 0 Å². The summed E-state index contributed by atoms with van der Waals surface area (Å²) in [6.07, 6.45) is -4.41. The van der Waals surface area contributed by atoms with Gasteiger partial charge < -0.3 is 5.32 Å². The van der Waals surface area contributed by atoms with E-state index in [2.05, 4.69) is 5.32 Å². The molecule has 0 aromatic heterocycles. The molecule has 19 heavy (non-hydrogen) atoms. The van der Waals surface area contributed by atoms with Crippen LogP contribution in [0.1, 0.15) is 17.5 Å². The zero-order chi connectivity index (χ0) is 14.0. The standard InChI is InChI=1S/C12H11F3N2O2/c13-12(14,15)9-4-2-1-3-8(9)7-17-10(18)5-6-16-11(17)19/h1-4H,5-7H2,(H,16,19). The van der Waals surface area contributed by atoms with Gasteiger partial charge in [0.2, 0.25) is 5.91 Å². The van der Waals surface area contributed by atoms with Gasteiger partial charge in [0, 0.05) is 13.0 Å². The number of rotatable bonds is 2. The summed E-state index contributed by atoms with van der Waals surface area (Å²) in [5.41, 5.74) is -0.929. The summed E-state index contributed by atoms with van der Waals surface area (Å²) in [5.74, 6) is -0.472. The minimum Gasteiger partial charge on any atom is -0.337 e. The second-order valence-electron chi connectivity index (χ2n) is 4.12. The normalized spacial score (nSPS) is 16.5. The van der Waals surface area contributed by atoms with Crippen molar-refractivity contribution in [3.05, 3.63) is 35.4 Å². The maximum atomic E-state index is 12.8. The average molecular weight is 272 g/mol. The van der Waals surface area contributed by atoms with Crippen LogP contribution in [0.4, 0.5) is 18.0 Å². The van der Waals surface area contributed by atoms with Gasteiger partial charge in [0.25, 0.3) is 0 Å². The van der Waals surface area contributed by atoms with E-state index < -0.39 is 23.7 Å². The van der Waals surface area contributed by atoms with Crippen molar-refractivity contribution in [3.8, 4) is 0 Å². The van der Waals surface area contributed by atoms with Crippen LogP contribution in [0.15, 0.2) is 24.3 Å². The first kappa shape index (κ1) is 13.4. The number of hydrogen-bond acceptors (Lipinski definition) is 2. The van der Waals surface area contributed by atoms with Crippen molar-refractivity contribution in [1.29, 1.82) is 0 Å². The van der Waals surface area contributed by atoms with Crippen molar-refractivity contribution in [3.63, 3.8) is 0 Å². The fraction of sp³-hybridized carbons (Fsp3) is 0.333. The average Bonchev–Trinajstić information content (AvgIpc) is 2.33. The minimum atomic E-state index is -4.51. The predicted octanol–water partition coefficient (Wildman–Crippen LogP) is 2.15. The number of alkyl halides is 3. The van der Waals surface area contributed by atoms with Crippen LogP contribution in [0.5, 0.6) is 0 Å². The van der Waals surface area contributed by atoms with Gasteiger partial charge in [0.1, 0.15) is 0 Å². The molecule has 0 aliphatic carbocycles. The molecule has 1 aliphatic rings. The molecule has 1 N–H and O–H groups in total. The lowest BCUT2D eigenvalue weighted by Crippen LogP contribution is -2.49. The maximum absolute atomic E-state index is 12.8. The Kier molecular flexibility index (Phi) is 3.46. The Bertz CT molecular complexity index is 498. The lowest BCUT2D eigenvalue weighted by molar-refractivity contribution is -0.139. The molecule has 2 rings (SSSR count). The van der Waals surface area contributed by atoms with Crippen molar-refractivity contribution in [2.75, 3.05) is 6.54 Å². The topological polar surface area (TPSA) is 49.4 Å². The molecule has 3 amide bonds. The molecule has 0 atom stereocenters. The Hall–Kier alpha value is -2.05. The van der Waals surface area contributed by atoms with Gasteiger partial charge in [-0.05, 0) is 11.6 Å². The second-order valence-corrected chi connectivity index (χ2v) is 4.12. The van der Waals surface area contributed by atoms with Gasteiger partial charge in [-0.1, -0.05) is 18.2 Å². The van der Waals surface area contributed by atoms with E-state index in [-0.39, 0.29) is 25.1 Å². The van der Waals surface area contributed by atoms with Crippen LogP contribution in [0.2, 0.25) is 0 Å². The number of benzene rings is 1. The smallest absolute Gasteiger partial charge is 0.337 e. The number of nitrogens with zero attached hydrogens (tertiary/aromatic N) is 1. The highest BCUT2D eigenvalue weighted by Crippen LogP contribution is 2.32. The lowest BCUT2D eigenvalue weighted by atomic mass is 10.1. The SMILES string of the molecule is O=C1CCNC(=O)N1Cc1ccccc1C(F)(F)F. The summed E-state index contributed by atoms with van der Waals surface area (Å²) in [5, 5.41) is 2.43. The second kappa shape index (κ2) is 4.91. The van der Waals surface area contributed by atoms with E-state index in [1.54, 1.807) is 0 Å². The molecule has 1 saturated heterocycles. The van der Waals surface area contributed by atoms with Crippen LogP contribution >= 0.6 is 0 Å². The molecule has 1 aromatic carbocycles. The molecule has 1 fully saturated rings. The van der Waals surface area contributed by atoms with E-state index >= 15 is 0 Å². The van der Waals surface area contributed by atoms with Gasteiger partial charge in [0.15, 0.2) is 0 Å². The Balaban J connectivity index is 2.28. The fourth-order valence-electron chi connectivity index (χ4n) is 1.89. The molecule has 0 bridgehead atoms. The van der Waals surface area contributed by atoms with Crippen molar-refractivity contribution in [2.45, 2.75) is 19.1 Å². The first-order valence-electron chi connectivity index (χ1n) is 5.63. The Labute approximate surface area is 107 Å². The first-order valence-corrected chi connectivity index (χ1v) is 5.63. The van der Waals surface area contributed by atoms with Gasteiger partial charge in [-0.2, -0.15) is 13.2 Å². The van der Waals surface area contributed by atoms with E-state index in [0.29, 0.717) is 0 Å². The highest BCUT2D eigenvalue weighted by atomic mass is 19.4. The monoisotopic (exact) mass is 272 g/mol. The van der Waals surface area contributed by atoms with E-state index in [0.717, 1.165) is 11.0 Å². The third-order valence-corrected chi connectivity index (χ3v) is 2.81. The summed E-state index contributed by atoms with van der Waals surface area (Å²) in [6.45, 7) is -0.157. The first-order chi connectivity index (χ1) is 8.89. The summed E-state index contributed by atoms with van der Waals surface area (Å²) in [4.78, 5) is 23.8. The van der Waals surface area contributed by atoms with Gasteiger partial charge in [-0.15, -0.1) is 0 Å². The van der Waals surface area contributed by atoms with Crippen LogP contribution in [0.3, 0.4) is 0 Å². The Morgan fingerprint density at radius 2 is 1.89 bits per heavy atom. The predicted molar refractivity (Wildman–Crippen MR) is 60.0 cm³/mol. The summed E-state index contributed by atoms with van der Waals surface area (Å²) in [6, 6.07) is 4.24.